The van der Waals surface area contributed by atoms with Gasteiger partial charge in [-0.3, -0.25) is 0 Å². The highest BCUT2D eigenvalue weighted by Crippen LogP contribution is 2.15. The van der Waals surface area contributed by atoms with Gasteiger partial charge in [0.1, 0.15) is 0 Å². The summed E-state index contributed by atoms with van der Waals surface area (Å²) in [7, 11) is -1.56. The summed E-state index contributed by atoms with van der Waals surface area (Å²) in [4.78, 5) is 2.29. The van der Waals surface area contributed by atoms with E-state index in [2.05, 4.69) is 74.8 Å². The number of benzene rings is 1. The van der Waals surface area contributed by atoms with Crippen molar-refractivity contribution in [3.05, 3.63) is 47.9 Å². The van der Waals surface area contributed by atoms with E-state index in [1.807, 2.05) is 0 Å². The zero-order chi connectivity index (χ0) is 14.3. The molecule has 0 aliphatic rings. The van der Waals surface area contributed by atoms with Crippen LogP contribution in [0.1, 0.15) is 19.4 Å². The standard InChI is InChI=1S/C16H27NOSi/c1-6-17(7-2)16(18-19(3,4)5)14-13-15-11-9-8-10-12-15/h8-12,14H,6-7,13H2,1-5H3/b16-14-. The molecule has 0 spiro atoms. The van der Waals surface area contributed by atoms with Gasteiger partial charge in [0, 0.05) is 13.1 Å². The average Bonchev–Trinajstić information content (AvgIpc) is 2.37. The van der Waals surface area contributed by atoms with Crippen molar-refractivity contribution in [2.24, 2.45) is 0 Å². The molecule has 3 heteroatoms. The third-order valence-electron chi connectivity index (χ3n) is 2.84. The number of allylic oxidation sites excluding steroid dienone is 1. The van der Waals surface area contributed by atoms with E-state index in [-0.39, 0.29) is 0 Å². The first kappa shape index (κ1) is 15.8. The predicted octanol–water partition coefficient (Wildman–Crippen LogP) is 4.26. The van der Waals surface area contributed by atoms with Crippen molar-refractivity contribution in [1.29, 1.82) is 0 Å². The van der Waals surface area contributed by atoms with Gasteiger partial charge in [-0.15, -0.1) is 0 Å². The van der Waals surface area contributed by atoms with Crippen molar-refractivity contribution in [3.63, 3.8) is 0 Å². The van der Waals surface area contributed by atoms with E-state index >= 15 is 0 Å². The SMILES string of the molecule is CCN(CC)/C(=C/Cc1ccccc1)O[Si](C)(C)C. The molecule has 0 saturated carbocycles. The monoisotopic (exact) mass is 277 g/mol. The summed E-state index contributed by atoms with van der Waals surface area (Å²) in [6, 6.07) is 10.5. The van der Waals surface area contributed by atoms with Gasteiger partial charge in [-0.1, -0.05) is 30.3 Å². The first-order valence-corrected chi connectivity index (χ1v) is 10.5. The van der Waals surface area contributed by atoms with Crippen molar-refractivity contribution >= 4 is 8.32 Å². The fourth-order valence-electron chi connectivity index (χ4n) is 1.90. The number of nitrogens with zero attached hydrogens (tertiary/aromatic N) is 1. The highest BCUT2D eigenvalue weighted by molar-refractivity contribution is 6.70. The molecular formula is C16H27NOSi. The molecule has 0 saturated heterocycles. The highest BCUT2D eigenvalue weighted by Gasteiger charge is 2.20. The van der Waals surface area contributed by atoms with E-state index in [1.165, 1.54) is 5.56 Å². The van der Waals surface area contributed by atoms with E-state index in [9.17, 15) is 0 Å². The number of hydrogen-bond donors (Lipinski definition) is 0. The Balaban J connectivity index is 2.83. The lowest BCUT2D eigenvalue weighted by atomic mass is 10.1. The molecule has 1 rings (SSSR count). The van der Waals surface area contributed by atoms with Crippen molar-refractivity contribution < 1.29 is 4.43 Å². The van der Waals surface area contributed by atoms with Gasteiger partial charge >= 0.3 is 0 Å². The van der Waals surface area contributed by atoms with Crippen LogP contribution in [0.5, 0.6) is 0 Å². The fourth-order valence-corrected chi connectivity index (χ4v) is 2.74. The summed E-state index contributed by atoms with van der Waals surface area (Å²) < 4.78 is 6.23. The van der Waals surface area contributed by atoms with Crippen LogP contribution in [-0.2, 0) is 10.8 Å². The minimum atomic E-state index is -1.56. The molecule has 0 atom stereocenters. The Kier molecular flexibility index (Phi) is 6.16. The molecule has 0 N–H and O–H groups in total. The molecule has 0 unspecified atom stereocenters. The Morgan fingerprint density at radius 3 is 2.16 bits per heavy atom. The van der Waals surface area contributed by atoms with E-state index < -0.39 is 8.32 Å². The minimum absolute atomic E-state index is 0.928. The maximum absolute atomic E-state index is 6.23. The molecule has 0 aromatic heterocycles. The van der Waals surface area contributed by atoms with Crippen molar-refractivity contribution in [1.82, 2.24) is 4.90 Å². The van der Waals surface area contributed by atoms with Crippen LogP contribution in [-0.4, -0.2) is 26.3 Å². The molecule has 0 aliphatic carbocycles. The molecule has 106 valence electrons. The van der Waals surface area contributed by atoms with Gasteiger partial charge in [-0.25, -0.2) is 0 Å². The van der Waals surface area contributed by atoms with Crippen LogP contribution in [0.2, 0.25) is 19.6 Å². The Bertz CT molecular complexity index is 391. The van der Waals surface area contributed by atoms with E-state index in [4.69, 9.17) is 4.43 Å². The molecule has 2 nitrogen and oxygen atoms in total. The first-order valence-electron chi connectivity index (χ1n) is 7.14. The predicted molar refractivity (Wildman–Crippen MR) is 85.6 cm³/mol. The van der Waals surface area contributed by atoms with E-state index in [1.54, 1.807) is 0 Å². The molecule has 0 amide bonds. The van der Waals surface area contributed by atoms with Crippen LogP contribution < -0.4 is 0 Å². The summed E-state index contributed by atoms with van der Waals surface area (Å²) in [5.74, 6) is 1.05. The van der Waals surface area contributed by atoms with Crippen LogP contribution in [0.3, 0.4) is 0 Å². The molecular weight excluding hydrogens is 250 g/mol. The largest absolute Gasteiger partial charge is 0.533 e. The molecule has 1 aromatic carbocycles. The summed E-state index contributed by atoms with van der Waals surface area (Å²) >= 11 is 0. The van der Waals surface area contributed by atoms with Crippen molar-refractivity contribution in [2.75, 3.05) is 13.1 Å². The molecule has 1 aromatic rings. The molecule has 0 fully saturated rings. The third kappa shape index (κ3) is 5.97. The number of hydrogen-bond acceptors (Lipinski definition) is 2. The first-order chi connectivity index (χ1) is 8.96. The molecule has 0 radical (unpaired) electrons. The van der Waals surface area contributed by atoms with Crippen LogP contribution >= 0.6 is 0 Å². The molecule has 19 heavy (non-hydrogen) atoms. The van der Waals surface area contributed by atoms with Crippen molar-refractivity contribution in [3.8, 4) is 0 Å². The van der Waals surface area contributed by atoms with E-state index in [0.717, 1.165) is 25.4 Å². The quantitative estimate of drug-likeness (QED) is 0.545. The van der Waals surface area contributed by atoms with Crippen LogP contribution in [0.25, 0.3) is 0 Å². The highest BCUT2D eigenvalue weighted by atomic mass is 28.4. The lowest BCUT2D eigenvalue weighted by molar-refractivity contribution is 0.225. The Morgan fingerprint density at radius 1 is 1.11 bits per heavy atom. The van der Waals surface area contributed by atoms with Crippen LogP contribution in [0.4, 0.5) is 0 Å². The zero-order valence-electron chi connectivity index (χ0n) is 12.9. The fraction of sp³-hybridized carbons (Fsp3) is 0.500. The number of rotatable bonds is 7. The molecule has 0 heterocycles. The smallest absolute Gasteiger partial charge is 0.244 e. The lowest BCUT2D eigenvalue weighted by Gasteiger charge is -2.30. The summed E-state index contributed by atoms with van der Waals surface area (Å²) in [6.45, 7) is 13.0. The van der Waals surface area contributed by atoms with Gasteiger partial charge in [0.05, 0.1) is 0 Å². The maximum Gasteiger partial charge on any atom is 0.244 e. The van der Waals surface area contributed by atoms with Gasteiger partial charge in [-0.2, -0.15) is 0 Å². The Morgan fingerprint density at radius 2 is 1.68 bits per heavy atom. The lowest BCUT2D eigenvalue weighted by Crippen LogP contribution is -2.33. The minimum Gasteiger partial charge on any atom is -0.533 e. The molecule has 0 aliphatic heterocycles. The van der Waals surface area contributed by atoms with Gasteiger partial charge in [-0.05, 0) is 51.5 Å². The average molecular weight is 277 g/mol. The van der Waals surface area contributed by atoms with Crippen LogP contribution in [0.15, 0.2) is 42.3 Å². The second-order valence-electron chi connectivity index (χ2n) is 5.62. The Labute approximate surface area is 119 Å². The van der Waals surface area contributed by atoms with Gasteiger partial charge in [0.15, 0.2) is 5.88 Å². The maximum atomic E-state index is 6.23. The second-order valence-corrected chi connectivity index (χ2v) is 10.0. The van der Waals surface area contributed by atoms with Crippen molar-refractivity contribution in [2.45, 2.75) is 39.9 Å². The van der Waals surface area contributed by atoms with Gasteiger partial charge < -0.3 is 9.33 Å². The second kappa shape index (κ2) is 7.39. The third-order valence-corrected chi connectivity index (χ3v) is 3.66. The van der Waals surface area contributed by atoms with Crippen LogP contribution in [0, 0.1) is 0 Å². The van der Waals surface area contributed by atoms with Gasteiger partial charge in [0.25, 0.3) is 0 Å². The van der Waals surface area contributed by atoms with Gasteiger partial charge in [0.2, 0.25) is 8.32 Å². The normalized spacial score (nSPS) is 12.4. The van der Waals surface area contributed by atoms with E-state index in [0.29, 0.717) is 0 Å². The summed E-state index contributed by atoms with van der Waals surface area (Å²) in [5, 5.41) is 0. The topological polar surface area (TPSA) is 12.5 Å². The summed E-state index contributed by atoms with van der Waals surface area (Å²) in [5.41, 5.74) is 1.33. The Hall–Kier alpha value is -1.22. The molecule has 0 bridgehead atoms. The zero-order valence-corrected chi connectivity index (χ0v) is 13.9. The summed E-state index contributed by atoms with van der Waals surface area (Å²) in [6.07, 6.45) is 3.15.